The first-order chi connectivity index (χ1) is 11.2. The van der Waals surface area contributed by atoms with E-state index in [-0.39, 0.29) is 23.5 Å². The van der Waals surface area contributed by atoms with Crippen molar-refractivity contribution < 1.29 is 9.53 Å². The molecule has 0 aliphatic carbocycles. The van der Waals surface area contributed by atoms with Crippen LogP contribution in [0.4, 0.5) is 16.4 Å². The number of hydrogen-bond donors (Lipinski definition) is 4. The van der Waals surface area contributed by atoms with Crippen molar-refractivity contribution in [2.45, 2.75) is 45.3 Å². The van der Waals surface area contributed by atoms with Crippen molar-refractivity contribution in [1.29, 1.82) is 5.41 Å². The average molecular weight is 335 g/mol. The largest absolute Gasteiger partial charge is 0.444 e. The minimum Gasteiger partial charge on any atom is -0.444 e. The molecule has 6 N–H and O–H groups in total. The van der Waals surface area contributed by atoms with E-state index in [1.807, 2.05) is 25.7 Å². The number of carbonyl (C=O) groups is 1. The summed E-state index contributed by atoms with van der Waals surface area (Å²) in [6.45, 7) is 6.61. The van der Waals surface area contributed by atoms with Gasteiger partial charge in [-0.15, -0.1) is 0 Å². The van der Waals surface area contributed by atoms with Gasteiger partial charge in [-0.25, -0.2) is 14.8 Å². The maximum atomic E-state index is 11.9. The normalized spacial score (nSPS) is 18.1. The summed E-state index contributed by atoms with van der Waals surface area (Å²) in [4.78, 5) is 21.5. The van der Waals surface area contributed by atoms with E-state index in [1.165, 1.54) is 6.33 Å². The minimum atomic E-state index is -0.546. The van der Waals surface area contributed by atoms with E-state index in [1.54, 1.807) is 0 Å². The minimum absolute atomic E-state index is 0.110. The molecule has 2 heterocycles. The van der Waals surface area contributed by atoms with Gasteiger partial charge in [-0.1, -0.05) is 0 Å². The second kappa shape index (κ2) is 6.90. The lowest BCUT2D eigenvalue weighted by Gasteiger charge is -2.35. The van der Waals surface area contributed by atoms with Crippen LogP contribution in [0.5, 0.6) is 0 Å². The molecule has 1 aliphatic heterocycles. The molecule has 0 radical (unpaired) electrons. The third kappa shape index (κ3) is 4.46. The second-order valence-corrected chi connectivity index (χ2v) is 6.80. The van der Waals surface area contributed by atoms with Crippen molar-refractivity contribution >= 4 is 23.6 Å². The number of likely N-dealkylation sites (tertiary alicyclic amines) is 1. The van der Waals surface area contributed by atoms with E-state index in [2.05, 4.69) is 15.3 Å². The third-order valence-electron chi connectivity index (χ3n) is 3.60. The number of nitrogens with two attached hydrogens (primary N) is 2. The van der Waals surface area contributed by atoms with Gasteiger partial charge in [0.2, 0.25) is 0 Å². The highest BCUT2D eigenvalue weighted by molar-refractivity contribution is 6.04. The van der Waals surface area contributed by atoms with Crippen LogP contribution in [0.25, 0.3) is 0 Å². The van der Waals surface area contributed by atoms with Gasteiger partial charge in [0, 0.05) is 19.1 Å². The molecular formula is C15H25N7O2. The molecular weight excluding hydrogens is 310 g/mol. The number of rotatable bonds is 2. The number of nitrogen functional groups attached to an aromatic ring is 2. The zero-order chi connectivity index (χ0) is 17.9. The summed E-state index contributed by atoms with van der Waals surface area (Å²) in [6, 6.07) is -0.110. The Balaban J connectivity index is 2.03. The van der Waals surface area contributed by atoms with E-state index in [0.717, 1.165) is 12.8 Å². The van der Waals surface area contributed by atoms with Crippen LogP contribution < -0.4 is 16.8 Å². The van der Waals surface area contributed by atoms with E-state index in [0.29, 0.717) is 18.7 Å². The fourth-order valence-electron chi connectivity index (χ4n) is 2.59. The molecule has 2 rings (SSSR count). The molecule has 0 saturated carbocycles. The smallest absolute Gasteiger partial charge is 0.407 e. The van der Waals surface area contributed by atoms with Crippen LogP contribution in [0.1, 0.15) is 39.2 Å². The molecule has 1 aromatic rings. The Morgan fingerprint density at radius 3 is 2.58 bits per heavy atom. The molecule has 1 aromatic heterocycles. The molecule has 24 heavy (non-hydrogen) atoms. The number of nitrogens with zero attached hydrogens (tertiary/aromatic N) is 3. The summed E-state index contributed by atoms with van der Waals surface area (Å²) in [5.41, 5.74) is 11.4. The first kappa shape index (κ1) is 17.8. The van der Waals surface area contributed by atoms with Crippen LogP contribution >= 0.6 is 0 Å². The summed E-state index contributed by atoms with van der Waals surface area (Å²) in [7, 11) is 0. The van der Waals surface area contributed by atoms with E-state index >= 15 is 0 Å². The maximum absolute atomic E-state index is 11.9. The van der Waals surface area contributed by atoms with Crippen LogP contribution in [0, 0.1) is 5.41 Å². The van der Waals surface area contributed by atoms with Crippen molar-refractivity contribution in [3.63, 3.8) is 0 Å². The zero-order valence-corrected chi connectivity index (χ0v) is 14.3. The van der Waals surface area contributed by atoms with Crippen molar-refractivity contribution in [3.8, 4) is 0 Å². The molecule has 1 saturated heterocycles. The lowest BCUT2D eigenvalue weighted by Crippen LogP contribution is -2.50. The number of amidine groups is 1. The Bertz CT molecular complexity index is 606. The molecule has 132 valence electrons. The first-order valence-electron chi connectivity index (χ1n) is 7.86. The van der Waals surface area contributed by atoms with Gasteiger partial charge in [-0.2, -0.15) is 0 Å². The van der Waals surface area contributed by atoms with Gasteiger partial charge in [0.25, 0.3) is 0 Å². The van der Waals surface area contributed by atoms with Gasteiger partial charge in [-0.05, 0) is 33.6 Å². The lowest BCUT2D eigenvalue weighted by molar-refractivity contribution is 0.0485. The Morgan fingerprint density at radius 2 is 2.00 bits per heavy atom. The summed E-state index contributed by atoms with van der Waals surface area (Å²) in [5, 5.41) is 11.2. The number of aromatic nitrogens is 2. The van der Waals surface area contributed by atoms with Crippen molar-refractivity contribution in [3.05, 3.63) is 11.9 Å². The summed E-state index contributed by atoms with van der Waals surface area (Å²) >= 11 is 0. The Labute approximate surface area is 141 Å². The number of ether oxygens (including phenoxy) is 1. The molecule has 9 nitrogen and oxygen atoms in total. The third-order valence-corrected chi connectivity index (χ3v) is 3.60. The first-order valence-corrected chi connectivity index (χ1v) is 7.86. The highest BCUT2D eigenvalue weighted by Crippen LogP contribution is 2.20. The highest BCUT2D eigenvalue weighted by atomic mass is 16.6. The molecule has 9 heteroatoms. The second-order valence-electron chi connectivity index (χ2n) is 6.80. The molecule has 1 amide bonds. The van der Waals surface area contributed by atoms with E-state index in [4.69, 9.17) is 21.6 Å². The number of carbonyl (C=O) groups excluding carboxylic acids is 1. The summed E-state index contributed by atoms with van der Waals surface area (Å²) in [6.07, 6.45) is 2.46. The Morgan fingerprint density at radius 1 is 1.38 bits per heavy atom. The van der Waals surface area contributed by atoms with Crippen LogP contribution in [0.2, 0.25) is 0 Å². The molecule has 0 spiro atoms. The fraction of sp³-hybridized carbons (Fsp3) is 0.600. The summed E-state index contributed by atoms with van der Waals surface area (Å²) < 4.78 is 5.28. The Kier molecular flexibility index (Phi) is 5.10. The van der Waals surface area contributed by atoms with Gasteiger partial charge in [0.15, 0.2) is 0 Å². The van der Waals surface area contributed by atoms with Crippen LogP contribution in [-0.4, -0.2) is 51.5 Å². The van der Waals surface area contributed by atoms with Gasteiger partial charge in [0.1, 0.15) is 35.0 Å². The predicted molar refractivity (Wildman–Crippen MR) is 91.7 cm³/mol. The number of anilines is 2. The molecule has 0 aromatic carbocycles. The number of hydrogen-bond acceptors (Lipinski definition) is 7. The number of alkyl carbamates (subject to hydrolysis) is 1. The van der Waals surface area contributed by atoms with Crippen molar-refractivity contribution in [1.82, 2.24) is 20.2 Å². The monoisotopic (exact) mass is 335 g/mol. The van der Waals surface area contributed by atoms with Crippen molar-refractivity contribution in [2.24, 2.45) is 0 Å². The molecule has 0 bridgehead atoms. The topological polar surface area (TPSA) is 143 Å². The molecule has 1 aliphatic rings. The number of piperidine rings is 1. The quantitative estimate of drug-likeness (QED) is 0.465. The summed E-state index contributed by atoms with van der Waals surface area (Å²) in [5.74, 6) is 0.519. The maximum Gasteiger partial charge on any atom is 0.407 e. The van der Waals surface area contributed by atoms with Crippen molar-refractivity contribution in [2.75, 3.05) is 24.6 Å². The number of nitrogens with one attached hydrogen (secondary N) is 2. The fourth-order valence-corrected chi connectivity index (χ4v) is 2.59. The van der Waals surface area contributed by atoms with Gasteiger partial charge < -0.3 is 26.4 Å². The number of amides is 1. The average Bonchev–Trinajstić information content (AvgIpc) is 2.45. The standard InChI is InChI=1S/C15H25N7O2/c1-15(2,3)24-14(23)21-9-5-4-6-22(7-9)13(18)10-11(16)19-8-20-12(10)17/h8-9,18H,4-7H2,1-3H3,(H,21,23)(H4,16,17,19,20). The van der Waals surface area contributed by atoms with E-state index in [9.17, 15) is 4.79 Å². The predicted octanol–water partition coefficient (Wildman–Crippen LogP) is 0.955. The molecule has 1 unspecified atom stereocenters. The van der Waals surface area contributed by atoms with E-state index < -0.39 is 11.7 Å². The highest BCUT2D eigenvalue weighted by Gasteiger charge is 2.27. The van der Waals surface area contributed by atoms with Gasteiger partial charge in [0.05, 0.1) is 0 Å². The van der Waals surface area contributed by atoms with Gasteiger partial charge in [-0.3, -0.25) is 5.41 Å². The van der Waals surface area contributed by atoms with Crippen LogP contribution in [-0.2, 0) is 4.74 Å². The Hall–Kier alpha value is -2.58. The lowest BCUT2D eigenvalue weighted by atomic mass is 10.0. The zero-order valence-electron chi connectivity index (χ0n) is 14.3. The molecule has 1 fully saturated rings. The molecule has 1 atom stereocenters. The van der Waals surface area contributed by atoms with Gasteiger partial charge >= 0.3 is 6.09 Å². The SMILES string of the molecule is CC(C)(C)OC(=O)NC1CCCN(C(=N)c2c(N)ncnc2N)C1. The van der Waals surface area contributed by atoms with Crippen LogP contribution in [0.15, 0.2) is 6.33 Å². The van der Waals surface area contributed by atoms with Crippen LogP contribution in [0.3, 0.4) is 0 Å².